The molecule has 34 heavy (non-hydrogen) atoms. The number of ketones is 2. The van der Waals surface area contributed by atoms with Crippen LogP contribution in [-0.2, 0) is 22.6 Å². The SMILES string of the molecule is CC(C)CCC(CC(=O)C(=O)/C1=C/C=C/CCc2cccc(OCc3ccccc3)c21)C(C)C. The van der Waals surface area contributed by atoms with Gasteiger partial charge in [-0.3, -0.25) is 9.59 Å². The predicted octanol–water partition coefficient (Wildman–Crippen LogP) is 7.39. The molecular formula is C31H38O3. The van der Waals surface area contributed by atoms with Crippen molar-refractivity contribution in [1.29, 1.82) is 0 Å². The number of aryl methyl sites for hydroxylation is 1. The first-order valence-electron chi connectivity index (χ1n) is 12.6. The summed E-state index contributed by atoms with van der Waals surface area (Å²) in [5.74, 6) is 1.11. The Balaban J connectivity index is 1.87. The largest absolute Gasteiger partial charge is 0.488 e. The predicted molar refractivity (Wildman–Crippen MR) is 140 cm³/mol. The third-order valence-electron chi connectivity index (χ3n) is 6.60. The fourth-order valence-corrected chi connectivity index (χ4v) is 4.42. The molecule has 1 aliphatic carbocycles. The molecule has 0 amide bonds. The maximum atomic E-state index is 13.5. The monoisotopic (exact) mass is 458 g/mol. The highest BCUT2D eigenvalue weighted by atomic mass is 16.5. The summed E-state index contributed by atoms with van der Waals surface area (Å²) in [6, 6.07) is 15.9. The summed E-state index contributed by atoms with van der Waals surface area (Å²) in [5.41, 5.74) is 3.32. The van der Waals surface area contributed by atoms with Crippen molar-refractivity contribution in [2.75, 3.05) is 0 Å². The molecule has 2 aromatic carbocycles. The fraction of sp³-hybridized carbons (Fsp3) is 0.419. The van der Waals surface area contributed by atoms with E-state index in [1.807, 2.05) is 54.6 Å². The molecule has 1 aliphatic rings. The van der Waals surface area contributed by atoms with Gasteiger partial charge in [-0.2, -0.15) is 0 Å². The van der Waals surface area contributed by atoms with E-state index in [9.17, 15) is 9.59 Å². The second-order valence-electron chi connectivity index (χ2n) is 10.0. The molecule has 0 bridgehead atoms. The number of fused-ring (bicyclic) bond motifs is 1. The van der Waals surface area contributed by atoms with Crippen molar-refractivity contribution in [3.63, 3.8) is 0 Å². The first kappa shape index (κ1) is 25.7. The number of ether oxygens (including phenoxy) is 1. The first-order chi connectivity index (χ1) is 16.4. The molecule has 2 aromatic rings. The number of benzene rings is 2. The Morgan fingerprint density at radius 3 is 2.41 bits per heavy atom. The van der Waals surface area contributed by atoms with Crippen molar-refractivity contribution in [3.05, 3.63) is 83.4 Å². The third kappa shape index (κ3) is 7.03. The van der Waals surface area contributed by atoms with E-state index in [2.05, 4.69) is 33.8 Å². The van der Waals surface area contributed by atoms with Crippen LogP contribution in [-0.4, -0.2) is 11.6 Å². The van der Waals surface area contributed by atoms with Gasteiger partial charge in [0.1, 0.15) is 12.4 Å². The summed E-state index contributed by atoms with van der Waals surface area (Å²) >= 11 is 0. The number of rotatable bonds is 11. The topological polar surface area (TPSA) is 43.4 Å². The Labute approximate surface area is 204 Å². The Morgan fingerprint density at radius 1 is 0.941 bits per heavy atom. The van der Waals surface area contributed by atoms with Gasteiger partial charge in [0.2, 0.25) is 11.6 Å². The van der Waals surface area contributed by atoms with E-state index in [4.69, 9.17) is 4.74 Å². The van der Waals surface area contributed by atoms with Crippen LogP contribution in [0.4, 0.5) is 0 Å². The lowest BCUT2D eigenvalue weighted by molar-refractivity contribution is -0.134. The average Bonchev–Trinajstić information content (AvgIpc) is 2.80. The van der Waals surface area contributed by atoms with E-state index in [1.54, 1.807) is 6.08 Å². The van der Waals surface area contributed by atoms with Crippen molar-refractivity contribution in [1.82, 2.24) is 0 Å². The van der Waals surface area contributed by atoms with Gasteiger partial charge in [0.05, 0.1) is 0 Å². The normalized spacial score (nSPS) is 16.7. The standard InChI is InChI=1S/C31H38O3/c1-22(2)18-19-26(23(3)4)20-28(32)31(33)27-16-10-6-9-14-25-15-11-17-29(30(25)27)34-21-24-12-7-5-8-13-24/h5-8,10-13,15-17,22-23,26H,9,14,18-21H2,1-4H3/b10-6+,27-16+. The Morgan fingerprint density at radius 2 is 1.71 bits per heavy atom. The van der Waals surface area contributed by atoms with E-state index >= 15 is 0 Å². The number of hydrogen-bond donors (Lipinski definition) is 0. The van der Waals surface area contributed by atoms with E-state index in [0.717, 1.165) is 42.4 Å². The molecule has 3 rings (SSSR count). The smallest absolute Gasteiger partial charge is 0.229 e. The zero-order valence-corrected chi connectivity index (χ0v) is 21.1. The molecule has 0 N–H and O–H groups in total. The fourth-order valence-electron chi connectivity index (χ4n) is 4.42. The van der Waals surface area contributed by atoms with Crippen LogP contribution in [0.25, 0.3) is 5.57 Å². The van der Waals surface area contributed by atoms with Crippen molar-refractivity contribution in [2.24, 2.45) is 17.8 Å². The van der Waals surface area contributed by atoms with Gasteiger partial charge in [-0.05, 0) is 54.2 Å². The molecule has 0 fully saturated rings. The van der Waals surface area contributed by atoms with E-state index in [0.29, 0.717) is 36.2 Å². The summed E-state index contributed by atoms with van der Waals surface area (Å²) < 4.78 is 6.20. The minimum absolute atomic E-state index is 0.215. The van der Waals surface area contributed by atoms with Gasteiger partial charge in [-0.25, -0.2) is 0 Å². The second-order valence-corrected chi connectivity index (χ2v) is 10.0. The maximum Gasteiger partial charge on any atom is 0.229 e. The molecule has 3 heteroatoms. The van der Waals surface area contributed by atoms with Gasteiger partial charge < -0.3 is 4.74 Å². The van der Waals surface area contributed by atoms with Gasteiger partial charge in [-0.15, -0.1) is 0 Å². The molecule has 0 radical (unpaired) electrons. The highest BCUT2D eigenvalue weighted by Crippen LogP contribution is 2.34. The van der Waals surface area contributed by atoms with Gasteiger partial charge in [0.25, 0.3) is 0 Å². The Hall–Kier alpha value is -2.94. The number of carbonyl (C=O) groups is 2. The van der Waals surface area contributed by atoms with Crippen molar-refractivity contribution in [3.8, 4) is 5.75 Å². The van der Waals surface area contributed by atoms with Gasteiger partial charge in [0, 0.05) is 17.6 Å². The molecular weight excluding hydrogens is 420 g/mol. The summed E-state index contributed by atoms with van der Waals surface area (Å²) in [5, 5.41) is 0. The van der Waals surface area contributed by atoms with Gasteiger partial charge in [0.15, 0.2) is 0 Å². The maximum absolute atomic E-state index is 13.5. The minimum atomic E-state index is -0.404. The summed E-state index contributed by atoms with van der Waals surface area (Å²) in [7, 11) is 0. The average molecular weight is 459 g/mol. The lowest BCUT2D eigenvalue weighted by Gasteiger charge is -2.22. The van der Waals surface area contributed by atoms with Crippen LogP contribution in [0.15, 0.2) is 66.8 Å². The van der Waals surface area contributed by atoms with Gasteiger partial charge in [-0.1, -0.05) is 94.8 Å². The number of Topliss-reactive ketones (excluding diaryl/α,β-unsaturated/α-hetero) is 2. The molecule has 0 spiro atoms. The van der Waals surface area contributed by atoms with Crippen LogP contribution in [0, 0.1) is 17.8 Å². The van der Waals surface area contributed by atoms with E-state index < -0.39 is 5.78 Å². The Kier molecular flexibility index (Phi) is 9.44. The third-order valence-corrected chi connectivity index (χ3v) is 6.60. The van der Waals surface area contributed by atoms with Crippen molar-refractivity contribution >= 4 is 17.1 Å². The highest BCUT2D eigenvalue weighted by molar-refractivity contribution is 6.54. The quantitative estimate of drug-likeness (QED) is 0.330. The first-order valence-corrected chi connectivity index (χ1v) is 12.6. The van der Waals surface area contributed by atoms with Gasteiger partial charge >= 0.3 is 0 Å². The van der Waals surface area contributed by atoms with Crippen LogP contribution >= 0.6 is 0 Å². The number of carbonyl (C=O) groups excluding carboxylic acids is 2. The molecule has 0 aromatic heterocycles. The van der Waals surface area contributed by atoms with Crippen LogP contribution in [0.1, 0.15) is 70.1 Å². The number of hydrogen-bond acceptors (Lipinski definition) is 3. The van der Waals surface area contributed by atoms with Crippen LogP contribution < -0.4 is 4.74 Å². The molecule has 0 heterocycles. The van der Waals surface area contributed by atoms with E-state index in [-0.39, 0.29) is 11.7 Å². The lowest BCUT2D eigenvalue weighted by atomic mass is 9.82. The molecule has 3 nitrogen and oxygen atoms in total. The van der Waals surface area contributed by atoms with Crippen LogP contribution in [0.5, 0.6) is 5.75 Å². The highest BCUT2D eigenvalue weighted by Gasteiger charge is 2.28. The minimum Gasteiger partial charge on any atom is -0.488 e. The molecule has 1 unspecified atom stereocenters. The summed E-state index contributed by atoms with van der Waals surface area (Å²) in [6.45, 7) is 9.10. The zero-order valence-electron chi connectivity index (χ0n) is 21.1. The van der Waals surface area contributed by atoms with Crippen LogP contribution in [0.2, 0.25) is 0 Å². The molecule has 180 valence electrons. The molecule has 0 saturated carbocycles. The lowest BCUT2D eigenvalue weighted by Crippen LogP contribution is -2.23. The zero-order chi connectivity index (χ0) is 24.5. The summed E-state index contributed by atoms with van der Waals surface area (Å²) in [4.78, 5) is 26.8. The van der Waals surface area contributed by atoms with Crippen molar-refractivity contribution in [2.45, 2.75) is 66.4 Å². The van der Waals surface area contributed by atoms with Crippen LogP contribution in [0.3, 0.4) is 0 Å². The molecule has 0 saturated heterocycles. The van der Waals surface area contributed by atoms with E-state index in [1.165, 1.54) is 0 Å². The molecule has 0 aliphatic heterocycles. The Bertz CT molecular complexity index is 1030. The number of allylic oxidation sites excluding steroid dienone is 4. The van der Waals surface area contributed by atoms with Crippen molar-refractivity contribution < 1.29 is 14.3 Å². The molecule has 1 atom stereocenters. The summed E-state index contributed by atoms with van der Waals surface area (Å²) in [6.07, 6.45) is 9.76. The second kappa shape index (κ2) is 12.5.